The lowest BCUT2D eigenvalue weighted by Gasteiger charge is -2.27. The summed E-state index contributed by atoms with van der Waals surface area (Å²) in [5.41, 5.74) is -0.740. The van der Waals surface area contributed by atoms with Crippen LogP contribution in [0.2, 0.25) is 0 Å². The van der Waals surface area contributed by atoms with Gasteiger partial charge in [0.2, 0.25) is 0 Å². The molecule has 4 heteroatoms. The lowest BCUT2D eigenvalue weighted by Crippen LogP contribution is -2.50. The van der Waals surface area contributed by atoms with Gasteiger partial charge in [-0.1, -0.05) is 6.92 Å². The van der Waals surface area contributed by atoms with E-state index in [2.05, 4.69) is 24.2 Å². The number of nitrogens with one attached hydrogen (secondary N) is 1. The third-order valence-corrected chi connectivity index (χ3v) is 3.33. The standard InChI is InChI=1S/C12H24N2O2/c1-4-14(3)9-5-8-12(2,11(15)16)13-10-6-7-10/h10,13H,4-9H2,1-3H3,(H,15,16). The maximum Gasteiger partial charge on any atom is 0.323 e. The predicted octanol–water partition coefficient (Wildman–Crippen LogP) is 1.31. The van der Waals surface area contributed by atoms with Gasteiger partial charge in [0, 0.05) is 6.04 Å². The number of carboxylic acids is 1. The van der Waals surface area contributed by atoms with E-state index in [1.165, 1.54) is 0 Å². The van der Waals surface area contributed by atoms with E-state index in [1.807, 2.05) is 0 Å². The summed E-state index contributed by atoms with van der Waals surface area (Å²) in [4.78, 5) is 13.5. The van der Waals surface area contributed by atoms with Gasteiger partial charge in [0.1, 0.15) is 5.54 Å². The second-order valence-electron chi connectivity index (χ2n) is 5.06. The van der Waals surface area contributed by atoms with Crippen molar-refractivity contribution in [2.75, 3.05) is 20.1 Å². The first-order valence-electron chi connectivity index (χ1n) is 6.17. The quantitative estimate of drug-likeness (QED) is 0.658. The number of hydrogen-bond donors (Lipinski definition) is 2. The van der Waals surface area contributed by atoms with Crippen molar-refractivity contribution in [1.82, 2.24) is 10.2 Å². The van der Waals surface area contributed by atoms with Crippen molar-refractivity contribution < 1.29 is 9.90 Å². The molecule has 1 saturated carbocycles. The van der Waals surface area contributed by atoms with Crippen molar-refractivity contribution in [2.24, 2.45) is 0 Å². The van der Waals surface area contributed by atoms with Crippen molar-refractivity contribution in [2.45, 2.75) is 51.1 Å². The van der Waals surface area contributed by atoms with Gasteiger partial charge in [-0.2, -0.15) is 0 Å². The number of aliphatic carboxylic acids is 1. The summed E-state index contributed by atoms with van der Waals surface area (Å²) in [7, 11) is 2.06. The van der Waals surface area contributed by atoms with Crippen LogP contribution in [0.15, 0.2) is 0 Å². The first-order valence-corrected chi connectivity index (χ1v) is 6.17. The fraction of sp³-hybridized carbons (Fsp3) is 0.917. The van der Waals surface area contributed by atoms with Crippen molar-refractivity contribution in [3.63, 3.8) is 0 Å². The molecular weight excluding hydrogens is 204 g/mol. The van der Waals surface area contributed by atoms with Gasteiger partial charge in [-0.15, -0.1) is 0 Å². The Bertz CT molecular complexity index is 241. The van der Waals surface area contributed by atoms with Gasteiger partial charge in [0.05, 0.1) is 0 Å². The Morgan fingerprint density at radius 2 is 2.19 bits per heavy atom. The molecule has 0 aromatic carbocycles. The van der Waals surface area contributed by atoms with E-state index >= 15 is 0 Å². The molecule has 1 atom stereocenters. The average molecular weight is 228 g/mol. The molecular formula is C12H24N2O2. The smallest absolute Gasteiger partial charge is 0.323 e. The summed E-state index contributed by atoms with van der Waals surface area (Å²) in [6.07, 6.45) is 3.87. The molecule has 0 radical (unpaired) electrons. The van der Waals surface area contributed by atoms with Crippen LogP contribution in [0.5, 0.6) is 0 Å². The van der Waals surface area contributed by atoms with Gasteiger partial charge in [0.15, 0.2) is 0 Å². The van der Waals surface area contributed by atoms with Gasteiger partial charge in [0.25, 0.3) is 0 Å². The topological polar surface area (TPSA) is 52.6 Å². The molecule has 1 unspecified atom stereocenters. The predicted molar refractivity (Wildman–Crippen MR) is 64.6 cm³/mol. The zero-order valence-electron chi connectivity index (χ0n) is 10.6. The molecule has 0 aromatic rings. The van der Waals surface area contributed by atoms with E-state index in [1.54, 1.807) is 6.92 Å². The molecule has 94 valence electrons. The van der Waals surface area contributed by atoms with E-state index in [4.69, 9.17) is 0 Å². The van der Waals surface area contributed by atoms with Crippen LogP contribution < -0.4 is 5.32 Å². The summed E-state index contributed by atoms with van der Waals surface area (Å²) in [5, 5.41) is 12.5. The van der Waals surface area contributed by atoms with Crippen LogP contribution >= 0.6 is 0 Å². The third-order valence-electron chi connectivity index (χ3n) is 3.33. The van der Waals surface area contributed by atoms with E-state index in [9.17, 15) is 9.90 Å². The van der Waals surface area contributed by atoms with E-state index in [0.717, 1.165) is 32.4 Å². The summed E-state index contributed by atoms with van der Waals surface area (Å²) in [6.45, 7) is 5.89. The Kier molecular flexibility index (Phi) is 4.74. The largest absolute Gasteiger partial charge is 0.480 e. The van der Waals surface area contributed by atoms with Crippen molar-refractivity contribution in [3.8, 4) is 0 Å². The fourth-order valence-electron chi connectivity index (χ4n) is 1.78. The number of carbonyl (C=O) groups is 1. The Hall–Kier alpha value is -0.610. The second-order valence-corrected chi connectivity index (χ2v) is 5.06. The average Bonchev–Trinajstić information content (AvgIpc) is 3.01. The molecule has 0 spiro atoms. The molecule has 1 aliphatic rings. The summed E-state index contributed by atoms with van der Waals surface area (Å²) in [5.74, 6) is -0.724. The van der Waals surface area contributed by atoms with Gasteiger partial charge >= 0.3 is 5.97 Å². The van der Waals surface area contributed by atoms with Crippen molar-refractivity contribution >= 4 is 5.97 Å². The maximum atomic E-state index is 11.3. The fourth-order valence-corrected chi connectivity index (χ4v) is 1.78. The molecule has 1 rings (SSSR count). The monoisotopic (exact) mass is 228 g/mol. The Labute approximate surface area is 98.0 Å². The van der Waals surface area contributed by atoms with Gasteiger partial charge in [-0.05, 0) is 52.7 Å². The lowest BCUT2D eigenvalue weighted by atomic mass is 9.95. The lowest BCUT2D eigenvalue weighted by molar-refractivity contribution is -0.144. The minimum absolute atomic E-state index is 0.435. The number of nitrogens with zero attached hydrogens (tertiary/aromatic N) is 1. The highest BCUT2D eigenvalue weighted by molar-refractivity contribution is 5.78. The SMILES string of the molecule is CCN(C)CCCC(C)(NC1CC1)C(=O)O. The molecule has 1 aliphatic carbocycles. The van der Waals surface area contributed by atoms with Crippen LogP contribution in [-0.2, 0) is 4.79 Å². The second kappa shape index (κ2) is 5.64. The van der Waals surface area contributed by atoms with Crippen LogP contribution in [0.3, 0.4) is 0 Å². The molecule has 0 bridgehead atoms. The summed E-state index contributed by atoms with van der Waals surface area (Å²) >= 11 is 0. The van der Waals surface area contributed by atoms with Crippen LogP contribution in [-0.4, -0.2) is 47.7 Å². The van der Waals surface area contributed by atoms with E-state index in [-0.39, 0.29) is 0 Å². The molecule has 16 heavy (non-hydrogen) atoms. The molecule has 2 N–H and O–H groups in total. The molecule has 0 saturated heterocycles. The Morgan fingerprint density at radius 1 is 1.56 bits per heavy atom. The molecule has 4 nitrogen and oxygen atoms in total. The van der Waals surface area contributed by atoms with Gasteiger partial charge in [-0.25, -0.2) is 0 Å². The zero-order chi connectivity index (χ0) is 12.2. The van der Waals surface area contributed by atoms with Crippen LogP contribution in [0, 0.1) is 0 Å². The van der Waals surface area contributed by atoms with Crippen molar-refractivity contribution in [1.29, 1.82) is 0 Å². The highest BCUT2D eigenvalue weighted by atomic mass is 16.4. The highest BCUT2D eigenvalue weighted by Gasteiger charge is 2.37. The first kappa shape index (κ1) is 13.5. The van der Waals surface area contributed by atoms with Gasteiger partial charge < -0.3 is 10.0 Å². The number of carboxylic acid groups (broad SMARTS) is 1. The van der Waals surface area contributed by atoms with E-state index in [0.29, 0.717) is 12.5 Å². The summed E-state index contributed by atoms with van der Waals surface area (Å²) in [6, 6.07) is 0.435. The first-order chi connectivity index (χ1) is 7.48. The highest BCUT2D eigenvalue weighted by Crippen LogP contribution is 2.25. The normalized spacial score (nSPS) is 19.8. The van der Waals surface area contributed by atoms with Crippen LogP contribution in [0.4, 0.5) is 0 Å². The molecule has 0 amide bonds. The minimum atomic E-state index is -0.740. The number of rotatable bonds is 8. The molecule has 0 heterocycles. The molecule has 0 aliphatic heterocycles. The maximum absolute atomic E-state index is 11.3. The number of hydrogen-bond acceptors (Lipinski definition) is 3. The molecule has 0 aromatic heterocycles. The van der Waals surface area contributed by atoms with Gasteiger partial charge in [-0.3, -0.25) is 10.1 Å². The Morgan fingerprint density at radius 3 is 2.62 bits per heavy atom. The minimum Gasteiger partial charge on any atom is -0.480 e. The summed E-state index contributed by atoms with van der Waals surface area (Å²) < 4.78 is 0. The van der Waals surface area contributed by atoms with Crippen molar-refractivity contribution in [3.05, 3.63) is 0 Å². The third kappa shape index (κ3) is 4.10. The molecule has 1 fully saturated rings. The Balaban J connectivity index is 2.34. The zero-order valence-corrected chi connectivity index (χ0v) is 10.6. The van der Waals surface area contributed by atoms with E-state index < -0.39 is 11.5 Å². The van der Waals surface area contributed by atoms with Crippen LogP contribution in [0.1, 0.15) is 39.5 Å². The van der Waals surface area contributed by atoms with Crippen LogP contribution in [0.25, 0.3) is 0 Å².